The predicted molar refractivity (Wildman–Crippen MR) is 102 cm³/mol. The summed E-state index contributed by atoms with van der Waals surface area (Å²) in [6.45, 7) is 0. The molecule has 0 aliphatic rings. The van der Waals surface area contributed by atoms with Crippen molar-refractivity contribution in [1.29, 1.82) is 0 Å². The molecule has 8 heteroatoms. The Kier molecular flexibility index (Phi) is 4.31. The molecule has 4 aromatic rings. The first kappa shape index (κ1) is 18.1. The summed E-state index contributed by atoms with van der Waals surface area (Å²) in [6, 6.07) is 11.5. The van der Waals surface area contributed by atoms with Gasteiger partial charge in [0.1, 0.15) is 10.7 Å². The van der Waals surface area contributed by atoms with Crippen molar-refractivity contribution in [3.63, 3.8) is 0 Å². The Hall–Kier alpha value is -3.32. The van der Waals surface area contributed by atoms with Crippen LogP contribution >= 0.6 is 11.6 Å². The van der Waals surface area contributed by atoms with Gasteiger partial charge in [0.2, 0.25) is 0 Å². The summed E-state index contributed by atoms with van der Waals surface area (Å²) >= 11 is 6.13. The molecule has 2 aromatic carbocycles. The average Bonchev–Trinajstić information content (AvgIpc) is 2.67. The fourth-order valence-corrected chi connectivity index (χ4v) is 3.42. The first-order chi connectivity index (χ1) is 13.4. The molecule has 0 amide bonds. The van der Waals surface area contributed by atoms with Gasteiger partial charge >= 0.3 is 5.97 Å². The van der Waals surface area contributed by atoms with Crippen LogP contribution in [-0.2, 0) is 0 Å². The molecular weight excluding hydrogens is 390 g/mol. The minimum atomic E-state index is -2.74. The third-order valence-electron chi connectivity index (χ3n) is 4.49. The fraction of sp³-hybridized carbons (Fsp3) is 0.0500. The molecule has 4 rings (SSSR count). The van der Waals surface area contributed by atoms with Crippen molar-refractivity contribution >= 4 is 39.2 Å². The maximum Gasteiger partial charge on any atom is 0.341 e. The first-order valence-electron chi connectivity index (χ1n) is 8.13. The van der Waals surface area contributed by atoms with E-state index in [0.717, 1.165) is 4.57 Å². The largest absolute Gasteiger partial charge is 0.477 e. The minimum Gasteiger partial charge on any atom is -0.477 e. The van der Waals surface area contributed by atoms with E-state index in [1.54, 1.807) is 24.3 Å². The molecule has 0 unspecified atom stereocenters. The molecule has 5 nitrogen and oxygen atoms in total. The van der Waals surface area contributed by atoms with Crippen molar-refractivity contribution in [3.05, 3.63) is 81.4 Å². The van der Waals surface area contributed by atoms with Gasteiger partial charge in [-0.3, -0.25) is 9.36 Å². The zero-order valence-electron chi connectivity index (χ0n) is 14.1. The van der Waals surface area contributed by atoms with Crippen LogP contribution in [0.4, 0.5) is 8.78 Å². The van der Waals surface area contributed by atoms with Crippen LogP contribution in [0.2, 0.25) is 5.15 Å². The van der Waals surface area contributed by atoms with Crippen LogP contribution in [0.3, 0.4) is 0 Å². The van der Waals surface area contributed by atoms with E-state index in [2.05, 4.69) is 4.98 Å². The van der Waals surface area contributed by atoms with E-state index in [1.165, 1.54) is 30.5 Å². The molecule has 2 heterocycles. The number of hydrogen-bond acceptors (Lipinski definition) is 3. The number of aromatic carboxylic acids is 1. The maximum absolute atomic E-state index is 13.2. The predicted octanol–water partition coefficient (Wildman–Crippen LogP) is 4.83. The average molecular weight is 401 g/mol. The third-order valence-corrected chi connectivity index (χ3v) is 4.79. The van der Waals surface area contributed by atoms with Crippen molar-refractivity contribution in [1.82, 2.24) is 9.55 Å². The number of benzene rings is 2. The lowest BCUT2D eigenvalue weighted by Gasteiger charge is -2.15. The van der Waals surface area contributed by atoms with Crippen LogP contribution < -0.4 is 5.56 Å². The zero-order chi connectivity index (χ0) is 20.0. The summed E-state index contributed by atoms with van der Waals surface area (Å²) in [7, 11) is 0. The van der Waals surface area contributed by atoms with Crippen LogP contribution in [0.15, 0.2) is 59.5 Å². The highest BCUT2D eigenvalue weighted by Crippen LogP contribution is 2.30. The van der Waals surface area contributed by atoms with Gasteiger partial charge in [-0.25, -0.2) is 18.6 Å². The summed E-state index contributed by atoms with van der Waals surface area (Å²) in [5, 5.41) is 11.1. The zero-order valence-corrected chi connectivity index (χ0v) is 14.8. The highest BCUT2D eigenvalue weighted by atomic mass is 35.5. The van der Waals surface area contributed by atoms with Gasteiger partial charge in [0.05, 0.1) is 11.2 Å². The molecular formula is C20H11ClF2N2O3. The van der Waals surface area contributed by atoms with Gasteiger partial charge in [-0.1, -0.05) is 35.9 Å². The molecule has 140 valence electrons. The van der Waals surface area contributed by atoms with Crippen LogP contribution in [0.1, 0.15) is 22.3 Å². The molecule has 0 bridgehead atoms. The Morgan fingerprint density at radius 3 is 2.61 bits per heavy atom. The SMILES string of the molecule is O=C(O)c1cc2ccc(C(F)F)cc2n(-c2cccc3c(Cl)nccc23)c1=O. The Morgan fingerprint density at radius 2 is 1.89 bits per heavy atom. The number of hydrogen-bond donors (Lipinski definition) is 1. The molecule has 0 aliphatic heterocycles. The van der Waals surface area contributed by atoms with Gasteiger partial charge in [0, 0.05) is 22.5 Å². The number of carboxylic acids is 1. The van der Waals surface area contributed by atoms with Gasteiger partial charge in [-0.15, -0.1) is 0 Å². The van der Waals surface area contributed by atoms with Crippen LogP contribution in [-0.4, -0.2) is 20.6 Å². The number of fused-ring (bicyclic) bond motifs is 2. The van der Waals surface area contributed by atoms with Gasteiger partial charge in [0.25, 0.3) is 12.0 Å². The van der Waals surface area contributed by atoms with E-state index in [1.807, 2.05) is 0 Å². The molecule has 28 heavy (non-hydrogen) atoms. The lowest BCUT2D eigenvalue weighted by molar-refractivity contribution is 0.0694. The topological polar surface area (TPSA) is 72.2 Å². The van der Waals surface area contributed by atoms with Crippen molar-refractivity contribution in [2.75, 3.05) is 0 Å². The summed E-state index contributed by atoms with van der Waals surface area (Å²) in [5.74, 6) is -1.40. The number of carboxylic acid groups (broad SMARTS) is 1. The highest BCUT2D eigenvalue weighted by molar-refractivity contribution is 6.34. The highest BCUT2D eigenvalue weighted by Gasteiger charge is 2.19. The normalized spacial score (nSPS) is 11.4. The van der Waals surface area contributed by atoms with Gasteiger partial charge in [-0.05, 0) is 29.7 Å². The monoisotopic (exact) mass is 400 g/mol. The second-order valence-corrected chi connectivity index (χ2v) is 6.45. The second kappa shape index (κ2) is 6.69. The van der Waals surface area contributed by atoms with Crippen LogP contribution in [0.5, 0.6) is 0 Å². The Morgan fingerprint density at radius 1 is 1.11 bits per heavy atom. The van der Waals surface area contributed by atoms with Crippen LogP contribution in [0.25, 0.3) is 27.4 Å². The first-order valence-corrected chi connectivity index (χ1v) is 8.51. The Bertz CT molecular complexity index is 1320. The molecule has 0 spiro atoms. The van der Waals surface area contributed by atoms with Crippen molar-refractivity contribution in [2.24, 2.45) is 0 Å². The maximum atomic E-state index is 13.2. The van der Waals surface area contributed by atoms with E-state index in [0.29, 0.717) is 21.8 Å². The molecule has 0 radical (unpaired) electrons. The van der Waals surface area contributed by atoms with Crippen molar-refractivity contribution in [2.45, 2.75) is 6.43 Å². The molecule has 0 saturated carbocycles. The fourth-order valence-electron chi connectivity index (χ4n) is 3.20. The molecule has 0 atom stereocenters. The molecule has 1 N–H and O–H groups in total. The molecule has 0 aliphatic carbocycles. The lowest BCUT2D eigenvalue weighted by atomic mass is 10.1. The Labute approximate surface area is 161 Å². The second-order valence-electron chi connectivity index (χ2n) is 6.10. The van der Waals surface area contributed by atoms with E-state index in [4.69, 9.17) is 11.6 Å². The van der Waals surface area contributed by atoms with E-state index in [9.17, 15) is 23.5 Å². The van der Waals surface area contributed by atoms with Gasteiger partial charge < -0.3 is 5.11 Å². The summed E-state index contributed by atoms with van der Waals surface area (Å²) < 4.78 is 27.6. The summed E-state index contributed by atoms with van der Waals surface area (Å²) in [5.41, 5.74) is -1.07. The molecule has 0 fully saturated rings. The smallest absolute Gasteiger partial charge is 0.341 e. The summed E-state index contributed by atoms with van der Waals surface area (Å²) in [6.07, 6.45) is -1.29. The number of rotatable bonds is 3. The molecule has 2 aromatic heterocycles. The number of pyridine rings is 2. The summed E-state index contributed by atoms with van der Waals surface area (Å²) in [4.78, 5) is 28.6. The van der Waals surface area contributed by atoms with Gasteiger partial charge in [0.15, 0.2) is 0 Å². The quantitative estimate of drug-likeness (QED) is 0.500. The van der Waals surface area contributed by atoms with E-state index >= 15 is 0 Å². The lowest BCUT2D eigenvalue weighted by Crippen LogP contribution is -2.25. The van der Waals surface area contributed by atoms with Crippen molar-refractivity contribution < 1.29 is 18.7 Å². The molecule has 0 saturated heterocycles. The van der Waals surface area contributed by atoms with Crippen molar-refractivity contribution in [3.8, 4) is 5.69 Å². The van der Waals surface area contributed by atoms with Crippen LogP contribution in [0, 0.1) is 0 Å². The number of alkyl halides is 2. The van der Waals surface area contributed by atoms with E-state index in [-0.39, 0.29) is 16.2 Å². The Balaban J connectivity index is 2.21. The van der Waals surface area contributed by atoms with Gasteiger partial charge in [-0.2, -0.15) is 0 Å². The van der Waals surface area contributed by atoms with E-state index < -0.39 is 23.5 Å². The minimum absolute atomic E-state index is 0.174. The number of aromatic nitrogens is 2. The standard InChI is InChI=1S/C20H11ClF2N2O3/c21-17-13-2-1-3-15(12(13)6-7-24-17)25-16-9-11(18(22)23)5-4-10(16)8-14(19(25)26)20(27)28/h1-9,18H,(H,27,28). The number of halogens is 3. The number of nitrogens with zero attached hydrogens (tertiary/aromatic N) is 2. The number of carbonyl (C=O) groups is 1. The third kappa shape index (κ3) is 2.80.